The van der Waals surface area contributed by atoms with E-state index in [0.29, 0.717) is 4.88 Å². The zero-order chi connectivity index (χ0) is 19.2. The standard InChI is InChI=1S/C18H21N3O3S2/c1-11-15-10-16(25-18(15)21(4)19-11)17(22)20(3)12(2)13-6-8-14(9-7-13)26(5,23)24/h6-10,12H,1-5H3. The second-order valence-electron chi connectivity index (χ2n) is 6.47. The lowest BCUT2D eigenvalue weighted by molar-refractivity contribution is 0.0747. The SMILES string of the molecule is Cc1nn(C)c2sc(C(=O)N(C)C(C)c3ccc(S(C)(=O)=O)cc3)cc12. The maximum absolute atomic E-state index is 12.9. The number of amides is 1. The number of carbonyl (C=O) groups excluding carboxylic acids is 1. The number of benzene rings is 1. The fourth-order valence-electron chi connectivity index (χ4n) is 2.88. The number of hydrogen-bond acceptors (Lipinski definition) is 5. The third-order valence-electron chi connectivity index (χ3n) is 4.60. The fraction of sp³-hybridized carbons (Fsp3) is 0.333. The number of sulfone groups is 1. The van der Waals surface area contributed by atoms with E-state index in [1.165, 1.54) is 17.6 Å². The van der Waals surface area contributed by atoms with E-state index < -0.39 is 9.84 Å². The maximum Gasteiger partial charge on any atom is 0.264 e. The van der Waals surface area contributed by atoms with Gasteiger partial charge in [-0.15, -0.1) is 11.3 Å². The Bertz CT molecular complexity index is 1040. The summed E-state index contributed by atoms with van der Waals surface area (Å²) in [6.45, 7) is 3.85. The maximum atomic E-state index is 12.9. The Kier molecular flexibility index (Phi) is 4.66. The van der Waals surface area contributed by atoms with Gasteiger partial charge in [0.05, 0.1) is 21.5 Å². The Labute approximate surface area is 157 Å². The number of aryl methyl sites for hydroxylation is 2. The van der Waals surface area contributed by atoms with Crippen molar-refractivity contribution in [2.24, 2.45) is 7.05 Å². The van der Waals surface area contributed by atoms with E-state index in [0.717, 1.165) is 21.5 Å². The predicted molar refractivity (Wildman–Crippen MR) is 103 cm³/mol. The van der Waals surface area contributed by atoms with Crippen LogP contribution in [0.4, 0.5) is 0 Å². The number of nitrogens with zero attached hydrogens (tertiary/aromatic N) is 3. The van der Waals surface area contributed by atoms with Gasteiger partial charge >= 0.3 is 0 Å². The lowest BCUT2D eigenvalue weighted by Crippen LogP contribution is -2.29. The van der Waals surface area contributed by atoms with Crippen LogP contribution in [-0.2, 0) is 16.9 Å². The highest BCUT2D eigenvalue weighted by molar-refractivity contribution is 7.90. The van der Waals surface area contributed by atoms with Crippen LogP contribution < -0.4 is 0 Å². The largest absolute Gasteiger partial charge is 0.334 e. The van der Waals surface area contributed by atoms with Crippen LogP contribution in [0.25, 0.3) is 10.2 Å². The molecule has 0 saturated carbocycles. The first-order valence-electron chi connectivity index (χ1n) is 8.10. The van der Waals surface area contributed by atoms with Crippen molar-refractivity contribution in [3.05, 3.63) is 46.5 Å². The molecule has 0 aliphatic heterocycles. The Morgan fingerprint density at radius 1 is 1.27 bits per heavy atom. The van der Waals surface area contributed by atoms with E-state index in [-0.39, 0.29) is 16.8 Å². The van der Waals surface area contributed by atoms with Gasteiger partial charge in [0.15, 0.2) is 9.84 Å². The molecular weight excluding hydrogens is 370 g/mol. The number of fused-ring (bicyclic) bond motifs is 1. The molecule has 0 aliphatic rings. The lowest BCUT2D eigenvalue weighted by Gasteiger charge is -2.25. The normalized spacial score (nSPS) is 13.1. The summed E-state index contributed by atoms with van der Waals surface area (Å²) in [7, 11) is 0.399. The molecule has 0 radical (unpaired) electrons. The molecule has 8 heteroatoms. The Morgan fingerprint density at radius 3 is 2.42 bits per heavy atom. The van der Waals surface area contributed by atoms with E-state index in [9.17, 15) is 13.2 Å². The molecule has 138 valence electrons. The molecule has 0 N–H and O–H groups in total. The van der Waals surface area contributed by atoms with Crippen LogP contribution in [-0.4, -0.2) is 42.3 Å². The molecule has 1 aromatic carbocycles. The van der Waals surface area contributed by atoms with Crippen LogP contribution in [0.2, 0.25) is 0 Å². The Hall–Kier alpha value is -2.19. The topological polar surface area (TPSA) is 72.3 Å². The summed E-state index contributed by atoms with van der Waals surface area (Å²) in [6.07, 6.45) is 1.18. The Balaban J connectivity index is 1.85. The molecule has 3 rings (SSSR count). The minimum absolute atomic E-state index is 0.0645. The number of hydrogen-bond donors (Lipinski definition) is 0. The third kappa shape index (κ3) is 3.26. The third-order valence-corrected chi connectivity index (χ3v) is 6.92. The highest BCUT2D eigenvalue weighted by Gasteiger charge is 2.22. The molecule has 2 aromatic heterocycles. The van der Waals surface area contributed by atoms with Gasteiger partial charge in [-0.2, -0.15) is 5.10 Å². The van der Waals surface area contributed by atoms with Crippen molar-refractivity contribution < 1.29 is 13.2 Å². The van der Waals surface area contributed by atoms with Crippen molar-refractivity contribution in [3.8, 4) is 0 Å². The van der Waals surface area contributed by atoms with Gasteiger partial charge < -0.3 is 4.90 Å². The minimum Gasteiger partial charge on any atom is -0.334 e. The van der Waals surface area contributed by atoms with E-state index in [2.05, 4.69) is 5.10 Å². The van der Waals surface area contributed by atoms with Gasteiger partial charge in [-0.1, -0.05) is 12.1 Å². The number of thiophene rings is 1. The molecule has 0 saturated heterocycles. The first-order chi connectivity index (χ1) is 12.1. The second-order valence-corrected chi connectivity index (χ2v) is 9.52. The summed E-state index contributed by atoms with van der Waals surface area (Å²) in [5, 5.41) is 5.36. The quantitative estimate of drug-likeness (QED) is 0.685. The molecule has 0 aliphatic carbocycles. The van der Waals surface area contributed by atoms with E-state index in [4.69, 9.17) is 0 Å². The highest BCUT2D eigenvalue weighted by atomic mass is 32.2. The first-order valence-corrected chi connectivity index (χ1v) is 10.8. The monoisotopic (exact) mass is 391 g/mol. The summed E-state index contributed by atoms with van der Waals surface area (Å²) in [6, 6.07) is 8.37. The first kappa shape index (κ1) is 18.6. The molecule has 1 atom stereocenters. The number of rotatable bonds is 4. The fourth-order valence-corrected chi connectivity index (χ4v) is 4.61. The van der Waals surface area contributed by atoms with Gasteiger partial charge in [-0.3, -0.25) is 9.48 Å². The van der Waals surface area contributed by atoms with Gasteiger partial charge in [0.25, 0.3) is 5.91 Å². The molecule has 0 bridgehead atoms. The van der Waals surface area contributed by atoms with E-state index in [1.807, 2.05) is 27.0 Å². The van der Waals surface area contributed by atoms with Crippen LogP contribution in [0.15, 0.2) is 35.2 Å². The molecule has 1 amide bonds. The average molecular weight is 392 g/mol. The summed E-state index contributed by atoms with van der Waals surface area (Å²) in [5.41, 5.74) is 1.79. The van der Waals surface area contributed by atoms with Crippen molar-refractivity contribution in [1.82, 2.24) is 14.7 Å². The predicted octanol–water partition coefficient (Wildman–Crippen LogP) is 3.18. The number of carbonyl (C=O) groups is 1. The molecule has 0 fully saturated rings. The summed E-state index contributed by atoms with van der Waals surface area (Å²) in [4.78, 5) is 16.5. The highest BCUT2D eigenvalue weighted by Crippen LogP contribution is 2.30. The van der Waals surface area contributed by atoms with Crippen LogP contribution in [0, 0.1) is 6.92 Å². The molecule has 0 spiro atoms. The van der Waals surface area contributed by atoms with Crippen LogP contribution in [0.1, 0.15) is 33.9 Å². The van der Waals surface area contributed by atoms with Crippen molar-refractivity contribution >= 4 is 37.3 Å². The summed E-state index contributed by atoms with van der Waals surface area (Å²) < 4.78 is 25.0. The molecule has 6 nitrogen and oxygen atoms in total. The summed E-state index contributed by atoms with van der Waals surface area (Å²) in [5.74, 6) is -0.0645. The van der Waals surface area contributed by atoms with Gasteiger partial charge in [0.2, 0.25) is 0 Å². The molecule has 1 unspecified atom stereocenters. The smallest absolute Gasteiger partial charge is 0.264 e. The minimum atomic E-state index is -3.23. The van der Waals surface area contributed by atoms with Crippen molar-refractivity contribution in [2.45, 2.75) is 24.8 Å². The van der Waals surface area contributed by atoms with Gasteiger partial charge in [0.1, 0.15) is 4.83 Å². The Morgan fingerprint density at radius 2 is 1.88 bits per heavy atom. The second kappa shape index (κ2) is 6.51. The van der Waals surface area contributed by atoms with Gasteiger partial charge in [0, 0.05) is 25.7 Å². The van der Waals surface area contributed by atoms with E-state index >= 15 is 0 Å². The van der Waals surface area contributed by atoms with Crippen LogP contribution in [0.5, 0.6) is 0 Å². The summed E-state index contributed by atoms with van der Waals surface area (Å²) >= 11 is 1.43. The van der Waals surface area contributed by atoms with E-state index in [1.54, 1.807) is 40.9 Å². The van der Waals surface area contributed by atoms with Gasteiger partial charge in [-0.25, -0.2) is 8.42 Å². The molecule has 3 aromatic rings. The number of aromatic nitrogens is 2. The lowest BCUT2D eigenvalue weighted by atomic mass is 10.1. The van der Waals surface area contributed by atoms with Crippen molar-refractivity contribution in [3.63, 3.8) is 0 Å². The van der Waals surface area contributed by atoms with Crippen LogP contribution in [0.3, 0.4) is 0 Å². The zero-order valence-electron chi connectivity index (χ0n) is 15.3. The average Bonchev–Trinajstić information content (AvgIpc) is 3.14. The van der Waals surface area contributed by atoms with Crippen molar-refractivity contribution in [2.75, 3.05) is 13.3 Å². The van der Waals surface area contributed by atoms with Crippen molar-refractivity contribution in [1.29, 1.82) is 0 Å². The molecule has 26 heavy (non-hydrogen) atoms. The van der Waals surface area contributed by atoms with Gasteiger partial charge in [-0.05, 0) is 37.6 Å². The molecular formula is C18H21N3O3S2. The zero-order valence-corrected chi connectivity index (χ0v) is 17.0. The van der Waals surface area contributed by atoms with Crippen LogP contribution >= 0.6 is 11.3 Å². The molecule has 2 heterocycles.